The lowest BCUT2D eigenvalue weighted by Gasteiger charge is -2.24. The molecule has 1 heterocycles. The van der Waals surface area contributed by atoms with Crippen LogP contribution in [-0.2, 0) is 17.6 Å². The lowest BCUT2D eigenvalue weighted by atomic mass is 9.84. The summed E-state index contributed by atoms with van der Waals surface area (Å²) >= 11 is 0. The summed E-state index contributed by atoms with van der Waals surface area (Å²) in [5, 5.41) is 0. The van der Waals surface area contributed by atoms with Crippen molar-refractivity contribution in [3.05, 3.63) is 63.7 Å². The Hall–Kier alpha value is -2.56. The molecule has 0 spiro atoms. The van der Waals surface area contributed by atoms with Crippen LogP contribution in [0.4, 0.5) is 0 Å². The van der Waals surface area contributed by atoms with Gasteiger partial charge in [-0.2, -0.15) is 0 Å². The molecule has 0 N–H and O–H groups in total. The fourth-order valence-electron chi connectivity index (χ4n) is 2.84. The fraction of sp³-hybridized carbons (Fsp3) is 0.333. The third-order valence-corrected chi connectivity index (χ3v) is 4.11. The number of hydrogen-bond donors (Lipinski definition) is 0. The molecule has 5 nitrogen and oxygen atoms in total. The van der Waals surface area contributed by atoms with Crippen molar-refractivity contribution in [1.82, 2.24) is 0 Å². The Bertz CT molecular complexity index is 762. The highest BCUT2D eigenvalue weighted by molar-refractivity contribution is 5.85. The van der Waals surface area contributed by atoms with Gasteiger partial charge in [0.1, 0.15) is 6.26 Å². The first-order valence-electron chi connectivity index (χ1n) is 7.58. The van der Waals surface area contributed by atoms with E-state index in [1.807, 2.05) is 6.07 Å². The molecule has 0 saturated carbocycles. The van der Waals surface area contributed by atoms with Crippen LogP contribution in [0.15, 0.2) is 45.8 Å². The molecule has 2 aromatic rings. The summed E-state index contributed by atoms with van der Waals surface area (Å²) < 4.78 is 15.2. The van der Waals surface area contributed by atoms with E-state index in [4.69, 9.17) is 9.15 Å². The molecule has 0 bridgehead atoms. The van der Waals surface area contributed by atoms with Crippen molar-refractivity contribution in [2.75, 3.05) is 13.7 Å². The van der Waals surface area contributed by atoms with E-state index in [1.165, 1.54) is 24.5 Å². The average Bonchev–Trinajstić information content (AvgIpc) is 2.59. The van der Waals surface area contributed by atoms with Crippen molar-refractivity contribution >= 4 is 5.97 Å². The van der Waals surface area contributed by atoms with Crippen LogP contribution >= 0.6 is 0 Å². The van der Waals surface area contributed by atoms with E-state index in [1.54, 1.807) is 0 Å². The Morgan fingerprint density at radius 2 is 2.09 bits per heavy atom. The van der Waals surface area contributed by atoms with Gasteiger partial charge in [-0.1, -0.05) is 24.3 Å². The molecule has 3 rings (SSSR count). The van der Waals surface area contributed by atoms with Gasteiger partial charge in [-0.15, -0.1) is 0 Å². The van der Waals surface area contributed by atoms with Crippen LogP contribution in [0.25, 0.3) is 0 Å². The lowest BCUT2D eigenvalue weighted by molar-refractivity contribution is 0.0561. The SMILES string of the molecule is COC(=O)c1cc(=O)c(OCC2CCc3ccccc3C2)co1. The summed E-state index contributed by atoms with van der Waals surface area (Å²) in [6, 6.07) is 9.50. The Labute approximate surface area is 133 Å². The van der Waals surface area contributed by atoms with Gasteiger partial charge in [0.15, 0.2) is 0 Å². The normalized spacial score (nSPS) is 16.5. The molecule has 0 aliphatic heterocycles. The first kappa shape index (κ1) is 15.3. The van der Waals surface area contributed by atoms with Crippen molar-refractivity contribution in [3.8, 4) is 5.75 Å². The number of esters is 1. The van der Waals surface area contributed by atoms with Crippen molar-refractivity contribution < 1.29 is 18.7 Å². The summed E-state index contributed by atoms with van der Waals surface area (Å²) in [4.78, 5) is 23.2. The van der Waals surface area contributed by atoms with Crippen LogP contribution in [0, 0.1) is 5.92 Å². The van der Waals surface area contributed by atoms with E-state index in [0.29, 0.717) is 12.5 Å². The Kier molecular flexibility index (Phi) is 4.46. The van der Waals surface area contributed by atoms with Gasteiger partial charge in [0, 0.05) is 6.07 Å². The average molecular weight is 314 g/mol. The molecule has 1 unspecified atom stereocenters. The second-order valence-corrected chi connectivity index (χ2v) is 5.65. The van der Waals surface area contributed by atoms with Gasteiger partial charge in [-0.3, -0.25) is 4.79 Å². The zero-order chi connectivity index (χ0) is 16.2. The second-order valence-electron chi connectivity index (χ2n) is 5.65. The van der Waals surface area contributed by atoms with Crippen molar-refractivity contribution in [2.24, 2.45) is 5.92 Å². The van der Waals surface area contributed by atoms with Gasteiger partial charge in [-0.25, -0.2) is 4.79 Å². The highest BCUT2D eigenvalue weighted by Crippen LogP contribution is 2.25. The van der Waals surface area contributed by atoms with E-state index in [2.05, 4.69) is 22.9 Å². The van der Waals surface area contributed by atoms with Gasteiger partial charge in [0.2, 0.25) is 16.9 Å². The summed E-state index contributed by atoms with van der Waals surface area (Å²) in [5.41, 5.74) is 2.36. The van der Waals surface area contributed by atoms with Crippen LogP contribution in [0.1, 0.15) is 28.1 Å². The molecular weight excluding hydrogens is 296 g/mol. The highest BCUT2D eigenvalue weighted by atomic mass is 16.5. The van der Waals surface area contributed by atoms with Crippen LogP contribution in [-0.4, -0.2) is 19.7 Å². The largest absolute Gasteiger partial charge is 0.486 e. The molecule has 1 aromatic heterocycles. The fourth-order valence-corrected chi connectivity index (χ4v) is 2.84. The van der Waals surface area contributed by atoms with E-state index in [-0.39, 0.29) is 16.9 Å². The quantitative estimate of drug-likeness (QED) is 0.812. The maximum Gasteiger partial charge on any atom is 0.374 e. The summed E-state index contributed by atoms with van der Waals surface area (Å²) in [6.45, 7) is 0.455. The van der Waals surface area contributed by atoms with Crippen molar-refractivity contribution in [1.29, 1.82) is 0 Å². The zero-order valence-electron chi connectivity index (χ0n) is 12.9. The summed E-state index contributed by atoms with van der Waals surface area (Å²) in [7, 11) is 1.23. The van der Waals surface area contributed by atoms with Crippen LogP contribution in [0.3, 0.4) is 0 Å². The molecule has 0 fully saturated rings. The third-order valence-electron chi connectivity index (χ3n) is 4.11. The molecule has 0 amide bonds. The number of fused-ring (bicyclic) bond motifs is 1. The number of carbonyl (C=O) groups is 1. The number of ether oxygens (including phenoxy) is 2. The second kappa shape index (κ2) is 6.69. The van der Waals surface area contributed by atoms with E-state index < -0.39 is 5.97 Å². The smallest absolute Gasteiger partial charge is 0.374 e. The third kappa shape index (κ3) is 3.44. The predicted molar refractivity (Wildman–Crippen MR) is 83.8 cm³/mol. The standard InChI is InChI=1S/C18H18O5/c1-21-18(20)16-9-15(19)17(11-23-16)22-10-12-6-7-13-4-2-3-5-14(13)8-12/h2-5,9,11-12H,6-8,10H2,1H3. The molecule has 0 saturated heterocycles. The van der Waals surface area contributed by atoms with Crippen molar-refractivity contribution in [2.45, 2.75) is 19.3 Å². The molecule has 5 heteroatoms. The topological polar surface area (TPSA) is 65.7 Å². The highest BCUT2D eigenvalue weighted by Gasteiger charge is 2.19. The molecule has 120 valence electrons. The molecule has 23 heavy (non-hydrogen) atoms. The Morgan fingerprint density at radius 3 is 2.83 bits per heavy atom. The van der Waals surface area contributed by atoms with Crippen LogP contribution < -0.4 is 10.2 Å². The summed E-state index contributed by atoms with van der Waals surface area (Å²) in [6.07, 6.45) is 4.18. The van der Waals surface area contributed by atoms with Crippen LogP contribution in [0.2, 0.25) is 0 Å². The minimum Gasteiger partial charge on any atom is -0.486 e. The molecule has 1 aromatic carbocycles. The molecule has 0 radical (unpaired) electrons. The first-order valence-corrected chi connectivity index (χ1v) is 7.58. The van der Waals surface area contributed by atoms with E-state index in [0.717, 1.165) is 25.3 Å². The van der Waals surface area contributed by atoms with Gasteiger partial charge < -0.3 is 13.9 Å². The molecule has 1 aliphatic rings. The van der Waals surface area contributed by atoms with Gasteiger partial charge in [-0.05, 0) is 36.3 Å². The minimum atomic E-state index is -0.683. The number of rotatable bonds is 4. The maximum absolute atomic E-state index is 11.9. The monoisotopic (exact) mass is 314 g/mol. The zero-order valence-corrected chi connectivity index (χ0v) is 12.9. The van der Waals surface area contributed by atoms with Gasteiger partial charge in [0.05, 0.1) is 13.7 Å². The Balaban J connectivity index is 1.63. The molecule has 1 aliphatic carbocycles. The van der Waals surface area contributed by atoms with Crippen molar-refractivity contribution in [3.63, 3.8) is 0 Å². The summed E-state index contributed by atoms with van der Waals surface area (Å²) in [5.74, 6) is -0.324. The maximum atomic E-state index is 11.9. The number of hydrogen-bond acceptors (Lipinski definition) is 5. The predicted octanol–water partition coefficient (Wildman–Crippen LogP) is 2.61. The Morgan fingerprint density at radius 1 is 1.30 bits per heavy atom. The lowest BCUT2D eigenvalue weighted by Crippen LogP contribution is -2.22. The first-order chi connectivity index (χ1) is 11.2. The molecule has 1 atom stereocenters. The molecular formula is C18H18O5. The number of methoxy groups -OCH3 is 1. The van der Waals surface area contributed by atoms with Crippen LogP contribution in [0.5, 0.6) is 5.75 Å². The van der Waals surface area contributed by atoms with Gasteiger partial charge in [0.25, 0.3) is 0 Å². The van der Waals surface area contributed by atoms with E-state index in [9.17, 15) is 9.59 Å². The number of carbonyl (C=O) groups excluding carboxylic acids is 1. The number of aryl methyl sites for hydroxylation is 1. The number of benzene rings is 1. The minimum absolute atomic E-state index is 0.122. The van der Waals surface area contributed by atoms with Gasteiger partial charge >= 0.3 is 5.97 Å². The van der Waals surface area contributed by atoms with E-state index >= 15 is 0 Å².